The van der Waals surface area contributed by atoms with Crippen LogP contribution in [-0.2, 0) is 7.05 Å². The number of para-hydroxylation sites is 1. The second-order valence-electron chi connectivity index (χ2n) is 8.18. The van der Waals surface area contributed by atoms with Crippen molar-refractivity contribution in [1.82, 2.24) is 14.1 Å². The minimum atomic E-state index is -0.446. The van der Waals surface area contributed by atoms with Crippen molar-refractivity contribution in [1.29, 1.82) is 0 Å². The molecule has 0 radical (unpaired) electrons. The number of aromatic nitrogens is 3. The number of fused-ring (bicyclic) bond motifs is 1. The summed E-state index contributed by atoms with van der Waals surface area (Å²) in [5.74, 6) is 0.236. The number of nitrogens with zero attached hydrogens (tertiary/aromatic N) is 4. The maximum Gasteiger partial charge on any atom is 0.157 e. The molecule has 3 heterocycles. The van der Waals surface area contributed by atoms with Gasteiger partial charge in [0.15, 0.2) is 5.82 Å². The summed E-state index contributed by atoms with van der Waals surface area (Å²) in [5, 5.41) is 10.4. The van der Waals surface area contributed by atoms with Crippen LogP contribution in [0.5, 0.6) is 0 Å². The summed E-state index contributed by atoms with van der Waals surface area (Å²) in [6.45, 7) is 3.99. The minimum absolute atomic E-state index is 0.170. The Morgan fingerprint density at radius 1 is 1.26 bits per heavy atom. The van der Waals surface area contributed by atoms with Crippen molar-refractivity contribution in [2.75, 3.05) is 24.6 Å². The molecule has 2 aromatic carbocycles. The van der Waals surface area contributed by atoms with Crippen LogP contribution >= 0.6 is 0 Å². The van der Waals surface area contributed by atoms with Gasteiger partial charge in [-0.05, 0) is 37.1 Å². The number of imidazole rings is 1. The van der Waals surface area contributed by atoms with Crippen molar-refractivity contribution in [3.63, 3.8) is 0 Å². The van der Waals surface area contributed by atoms with Gasteiger partial charge in [-0.3, -0.25) is 4.79 Å². The van der Waals surface area contributed by atoms with Crippen LogP contribution in [0.4, 0.5) is 10.1 Å². The Morgan fingerprint density at radius 2 is 2.10 bits per heavy atom. The number of hydrogen-bond acceptors (Lipinski definition) is 4. The van der Waals surface area contributed by atoms with E-state index in [2.05, 4.69) is 40.7 Å². The average Bonchev–Trinajstić information content (AvgIpc) is 3.32. The SMILES string of the molecule is CC[C@@H]1CN(CCCO)c2cccc3cc(-c4nc5cc(C=O)cc(F)c5n4C)n1c23. The van der Waals surface area contributed by atoms with Gasteiger partial charge in [0.05, 0.1) is 28.5 Å². The molecule has 7 heteroatoms. The summed E-state index contributed by atoms with van der Waals surface area (Å²) in [5.41, 5.74) is 4.40. The summed E-state index contributed by atoms with van der Waals surface area (Å²) in [4.78, 5) is 18.3. The molecule has 1 N–H and O–H groups in total. The standard InChI is InChI=1S/C24H25FN4O2/c1-3-17-13-28(8-5-9-30)20-7-4-6-16-12-21(29(17)22(16)20)24-26-19-11-15(14-31)10-18(25)23(19)27(24)2/h4,6-7,10-12,14,17,30H,3,5,8-9,13H2,1-2H3/t17-/m1/s1. The van der Waals surface area contributed by atoms with Gasteiger partial charge >= 0.3 is 0 Å². The van der Waals surface area contributed by atoms with Crippen LogP contribution in [0.2, 0.25) is 0 Å². The van der Waals surface area contributed by atoms with Gasteiger partial charge < -0.3 is 19.1 Å². The molecular weight excluding hydrogens is 395 g/mol. The normalized spacial score (nSPS) is 15.9. The van der Waals surface area contributed by atoms with Crippen LogP contribution in [0.3, 0.4) is 0 Å². The molecular formula is C24H25FN4O2. The van der Waals surface area contributed by atoms with Crippen LogP contribution in [0.15, 0.2) is 36.4 Å². The monoisotopic (exact) mass is 420 g/mol. The van der Waals surface area contributed by atoms with E-state index < -0.39 is 5.82 Å². The number of aliphatic hydroxyl groups is 1. The van der Waals surface area contributed by atoms with E-state index >= 15 is 0 Å². The summed E-state index contributed by atoms with van der Waals surface area (Å²) in [6.07, 6.45) is 2.31. The zero-order valence-electron chi connectivity index (χ0n) is 17.7. The highest BCUT2D eigenvalue weighted by Gasteiger charge is 2.29. The van der Waals surface area contributed by atoms with E-state index in [-0.39, 0.29) is 18.2 Å². The number of benzene rings is 2. The zero-order valence-corrected chi connectivity index (χ0v) is 17.7. The quantitative estimate of drug-likeness (QED) is 0.473. The third kappa shape index (κ3) is 2.95. The average molecular weight is 420 g/mol. The van der Waals surface area contributed by atoms with Crippen LogP contribution in [0, 0.1) is 5.82 Å². The number of aliphatic hydroxyl groups excluding tert-OH is 1. The van der Waals surface area contributed by atoms with Crippen molar-refractivity contribution in [2.45, 2.75) is 25.8 Å². The van der Waals surface area contributed by atoms with E-state index in [1.165, 1.54) is 6.07 Å². The van der Waals surface area contributed by atoms with Gasteiger partial charge in [-0.2, -0.15) is 0 Å². The molecule has 31 heavy (non-hydrogen) atoms. The van der Waals surface area contributed by atoms with Crippen molar-refractivity contribution in [3.05, 3.63) is 47.8 Å². The predicted octanol–water partition coefficient (Wildman–Crippen LogP) is 4.30. The fourth-order valence-corrected chi connectivity index (χ4v) is 4.91. The van der Waals surface area contributed by atoms with Gasteiger partial charge in [0, 0.05) is 37.7 Å². The summed E-state index contributed by atoms with van der Waals surface area (Å²) < 4.78 is 18.9. The van der Waals surface area contributed by atoms with Crippen molar-refractivity contribution >= 4 is 33.9 Å². The van der Waals surface area contributed by atoms with E-state index in [0.29, 0.717) is 23.1 Å². The Morgan fingerprint density at radius 3 is 2.84 bits per heavy atom. The summed E-state index contributed by atoms with van der Waals surface area (Å²) in [7, 11) is 1.82. The lowest BCUT2D eigenvalue weighted by atomic mass is 10.1. The molecule has 0 saturated heterocycles. The Labute approximate surface area is 179 Å². The lowest BCUT2D eigenvalue weighted by Crippen LogP contribution is -2.36. The number of aryl methyl sites for hydroxylation is 1. The lowest BCUT2D eigenvalue weighted by molar-refractivity contribution is 0.112. The topological polar surface area (TPSA) is 63.3 Å². The first kappa shape index (κ1) is 19.8. The molecule has 1 aliphatic heterocycles. The Bertz CT molecular complexity index is 1310. The largest absolute Gasteiger partial charge is 0.396 e. The van der Waals surface area contributed by atoms with Crippen LogP contribution < -0.4 is 4.90 Å². The third-order valence-electron chi connectivity index (χ3n) is 6.34. The van der Waals surface area contributed by atoms with Gasteiger partial charge in [0.2, 0.25) is 0 Å². The first-order chi connectivity index (χ1) is 15.1. The predicted molar refractivity (Wildman–Crippen MR) is 120 cm³/mol. The second-order valence-corrected chi connectivity index (χ2v) is 8.18. The molecule has 0 saturated carbocycles. The molecule has 160 valence electrons. The highest BCUT2D eigenvalue weighted by atomic mass is 19.1. The third-order valence-corrected chi connectivity index (χ3v) is 6.34. The summed E-state index contributed by atoms with van der Waals surface area (Å²) in [6, 6.07) is 11.5. The Kier molecular flexibility index (Phi) is 4.78. The molecule has 0 bridgehead atoms. The van der Waals surface area contributed by atoms with Gasteiger partial charge in [-0.1, -0.05) is 19.1 Å². The zero-order chi connectivity index (χ0) is 21.7. The molecule has 6 nitrogen and oxygen atoms in total. The number of rotatable bonds is 6. The molecule has 5 rings (SSSR count). The molecule has 2 aromatic heterocycles. The minimum Gasteiger partial charge on any atom is -0.396 e. The second kappa shape index (κ2) is 7.50. The molecule has 1 atom stereocenters. The first-order valence-corrected chi connectivity index (χ1v) is 10.7. The molecule has 1 aliphatic rings. The van der Waals surface area contributed by atoms with Crippen LogP contribution in [0.1, 0.15) is 36.2 Å². The molecule has 0 fully saturated rings. The number of hydrogen-bond donors (Lipinski definition) is 1. The number of halogens is 1. The molecule has 4 aromatic rings. The van der Waals surface area contributed by atoms with Gasteiger partial charge in [-0.15, -0.1) is 0 Å². The Balaban J connectivity index is 1.76. The highest BCUT2D eigenvalue weighted by Crippen LogP contribution is 2.41. The molecule has 0 aliphatic carbocycles. The molecule has 0 spiro atoms. The van der Waals surface area contributed by atoms with Crippen molar-refractivity contribution in [3.8, 4) is 11.5 Å². The van der Waals surface area contributed by atoms with E-state index in [4.69, 9.17) is 4.98 Å². The van der Waals surface area contributed by atoms with Gasteiger partial charge in [0.25, 0.3) is 0 Å². The fourth-order valence-electron chi connectivity index (χ4n) is 4.91. The Hall–Kier alpha value is -3.19. The van der Waals surface area contributed by atoms with E-state index in [1.54, 1.807) is 10.6 Å². The van der Waals surface area contributed by atoms with Crippen LogP contribution in [-0.4, -0.2) is 45.2 Å². The van der Waals surface area contributed by atoms with E-state index in [1.807, 2.05) is 7.05 Å². The van der Waals surface area contributed by atoms with E-state index in [9.17, 15) is 14.3 Å². The number of carbonyl (C=O) groups is 1. The van der Waals surface area contributed by atoms with Crippen molar-refractivity contribution < 1.29 is 14.3 Å². The summed E-state index contributed by atoms with van der Waals surface area (Å²) >= 11 is 0. The number of aldehydes is 1. The lowest BCUT2D eigenvalue weighted by Gasteiger charge is -2.36. The highest BCUT2D eigenvalue weighted by molar-refractivity contribution is 5.97. The molecule has 0 unspecified atom stereocenters. The van der Waals surface area contributed by atoms with Crippen molar-refractivity contribution in [2.24, 2.45) is 7.05 Å². The maximum atomic E-state index is 14.7. The van der Waals surface area contributed by atoms with E-state index in [0.717, 1.165) is 48.2 Å². The fraction of sp³-hybridized carbons (Fsp3) is 0.333. The smallest absolute Gasteiger partial charge is 0.157 e. The van der Waals surface area contributed by atoms with Gasteiger partial charge in [-0.25, -0.2) is 9.37 Å². The first-order valence-electron chi connectivity index (χ1n) is 10.7. The number of anilines is 1. The van der Waals surface area contributed by atoms with Crippen LogP contribution in [0.25, 0.3) is 33.5 Å². The molecule has 0 amide bonds. The maximum absolute atomic E-state index is 14.7. The number of carbonyl (C=O) groups excluding carboxylic acids is 1. The van der Waals surface area contributed by atoms with Gasteiger partial charge in [0.1, 0.15) is 17.6 Å².